The van der Waals surface area contributed by atoms with E-state index < -0.39 is 30.5 Å². The van der Waals surface area contributed by atoms with Gasteiger partial charge in [-0.2, -0.15) is 13.2 Å². The van der Waals surface area contributed by atoms with Crippen molar-refractivity contribution in [1.82, 2.24) is 5.32 Å². The fourth-order valence-corrected chi connectivity index (χ4v) is 1.72. The third-order valence-electron chi connectivity index (χ3n) is 2.49. The quantitative estimate of drug-likeness (QED) is 0.877. The zero-order chi connectivity index (χ0) is 15.3. The first-order valence-corrected chi connectivity index (χ1v) is 5.90. The van der Waals surface area contributed by atoms with Crippen molar-refractivity contribution in [2.45, 2.75) is 12.6 Å². The minimum absolute atomic E-state index is 0.0337. The van der Waals surface area contributed by atoms with Crippen molar-refractivity contribution in [2.75, 3.05) is 6.54 Å². The highest BCUT2D eigenvalue weighted by molar-refractivity contribution is 6.30. The number of carbonyl (C=O) groups is 2. The number of carbonyl (C=O) groups excluding carboxylic acids is 1. The van der Waals surface area contributed by atoms with Crippen LogP contribution in [-0.2, 0) is 16.0 Å². The molecule has 1 aromatic rings. The van der Waals surface area contributed by atoms with Crippen molar-refractivity contribution in [1.29, 1.82) is 0 Å². The third-order valence-corrected chi connectivity index (χ3v) is 2.72. The normalized spacial score (nSPS) is 12.8. The van der Waals surface area contributed by atoms with Gasteiger partial charge in [0.15, 0.2) is 0 Å². The molecule has 0 heterocycles. The smallest absolute Gasteiger partial charge is 0.471 e. The van der Waals surface area contributed by atoms with Crippen molar-refractivity contribution < 1.29 is 27.9 Å². The van der Waals surface area contributed by atoms with E-state index in [-0.39, 0.29) is 6.42 Å². The van der Waals surface area contributed by atoms with E-state index in [2.05, 4.69) is 0 Å². The van der Waals surface area contributed by atoms with Gasteiger partial charge < -0.3 is 10.4 Å². The Balaban J connectivity index is 2.67. The Morgan fingerprint density at radius 1 is 1.35 bits per heavy atom. The molecule has 0 aliphatic rings. The summed E-state index contributed by atoms with van der Waals surface area (Å²) >= 11 is 5.73. The van der Waals surface area contributed by atoms with Crippen molar-refractivity contribution in [3.63, 3.8) is 0 Å². The molecule has 0 bridgehead atoms. The van der Waals surface area contributed by atoms with Crippen LogP contribution in [0.2, 0.25) is 5.02 Å². The molecule has 0 fully saturated rings. The molecule has 0 saturated carbocycles. The van der Waals surface area contributed by atoms with Crippen molar-refractivity contribution in [2.24, 2.45) is 5.92 Å². The summed E-state index contributed by atoms with van der Waals surface area (Å²) in [6.45, 7) is -0.611. The molecule has 1 atom stereocenters. The topological polar surface area (TPSA) is 66.4 Å². The second kappa shape index (κ2) is 6.60. The minimum atomic E-state index is -5.03. The fourth-order valence-electron chi connectivity index (χ4n) is 1.51. The van der Waals surface area contributed by atoms with Crippen molar-refractivity contribution >= 4 is 23.5 Å². The minimum Gasteiger partial charge on any atom is -0.481 e. The number of carboxylic acid groups (broad SMARTS) is 1. The Morgan fingerprint density at radius 2 is 2.00 bits per heavy atom. The summed E-state index contributed by atoms with van der Waals surface area (Å²) < 4.78 is 36.0. The maximum atomic E-state index is 12.0. The third kappa shape index (κ3) is 5.08. The molecule has 1 rings (SSSR count). The number of rotatable bonds is 5. The summed E-state index contributed by atoms with van der Waals surface area (Å²) in [4.78, 5) is 21.6. The Labute approximate surface area is 117 Å². The molecule has 1 unspecified atom stereocenters. The predicted octanol–water partition coefficient (Wildman–Crippen LogP) is 2.26. The van der Waals surface area contributed by atoms with Crippen LogP contribution in [0.5, 0.6) is 0 Å². The molecule has 0 aliphatic heterocycles. The number of hydrogen-bond donors (Lipinski definition) is 2. The lowest BCUT2D eigenvalue weighted by atomic mass is 9.99. The SMILES string of the molecule is O=C(O)C(CNC(=O)C(F)(F)F)Cc1cccc(Cl)c1. The summed E-state index contributed by atoms with van der Waals surface area (Å²) in [6, 6.07) is 6.31. The number of benzene rings is 1. The average molecular weight is 310 g/mol. The lowest BCUT2D eigenvalue weighted by Crippen LogP contribution is -2.41. The molecule has 110 valence electrons. The van der Waals surface area contributed by atoms with Gasteiger partial charge in [-0.25, -0.2) is 0 Å². The molecule has 0 spiro atoms. The molecule has 0 aromatic heterocycles. The molecule has 0 aliphatic carbocycles. The molecule has 4 nitrogen and oxygen atoms in total. The first-order valence-electron chi connectivity index (χ1n) is 5.52. The lowest BCUT2D eigenvalue weighted by molar-refractivity contribution is -0.174. The number of nitrogens with one attached hydrogen (secondary N) is 1. The van der Waals surface area contributed by atoms with Crippen molar-refractivity contribution in [3.05, 3.63) is 34.9 Å². The van der Waals surface area contributed by atoms with Gasteiger partial charge in [-0.1, -0.05) is 23.7 Å². The van der Waals surface area contributed by atoms with Crippen LogP contribution < -0.4 is 5.32 Å². The first kappa shape index (κ1) is 16.3. The van der Waals surface area contributed by atoms with E-state index in [4.69, 9.17) is 16.7 Å². The van der Waals surface area contributed by atoms with E-state index in [9.17, 15) is 22.8 Å². The van der Waals surface area contributed by atoms with Gasteiger partial charge in [0.1, 0.15) is 0 Å². The summed E-state index contributed by atoms with van der Waals surface area (Å²) in [5.74, 6) is -4.62. The van der Waals surface area contributed by atoms with Crippen LogP contribution in [-0.4, -0.2) is 29.7 Å². The van der Waals surface area contributed by atoms with E-state index in [1.165, 1.54) is 6.07 Å². The zero-order valence-electron chi connectivity index (χ0n) is 10.1. The zero-order valence-corrected chi connectivity index (χ0v) is 10.8. The highest BCUT2D eigenvalue weighted by Crippen LogP contribution is 2.16. The Kier molecular flexibility index (Phi) is 5.38. The maximum absolute atomic E-state index is 12.0. The van der Waals surface area contributed by atoms with Crippen LogP contribution in [0.15, 0.2) is 24.3 Å². The summed E-state index contributed by atoms with van der Waals surface area (Å²) in [6.07, 6.45) is -5.06. The summed E-state index contributed by atoms with van der Waals surface area (Å²) in [5.41, 5.74) is 0.561. The molecular formula is C12H11ClF3NO3. The highest BCUT2D eigenvalue weighted by Gasteiger charge is 2.39. The van der Waals surface area contributed by atoms with Gasteiger partial charge in [-0.05, 0) is 24.1 Å². The molecule has 1 amide bonds. The van der Waals surface area contributed by atoms with E-state index in [0.29, 0.717) is 10.6 Å². The standard InChI is InChI=1S/C12H11ClF3NO3/c13-9-3-1-2-7(5-9)4-8(10(18)19)6-17-11(20)12(14,15)16/h1-3,5,8H,4,6H2,(H,17,20)(H,18,19). The van der Waals surface area contributed by atoms with Crippen LogP contribution in [0.4, 0.5) is 13.2 Å². The van der Waals surface area contributed by atoms with E-state index in [1.807, 2.05) is 0 Å². The Bertz CT molecular complexity index is 505. The van der Waals surface area contributed by atoms with E-state index >= 15 is 0 Å². The van der Waals surface area contributed by atoms with Crippen molar-refractivity contribution in [3.8, 4) is 0 Å². The molecule has 8 heteroatoms. The van der Waals surface area contributed by atoms with Crippen LogP contribution >= 0.6 is 11.6 Å². The van der Waals surface area contributed by atoms with Crippen LogP contribution in [0.1, 0.15) is 5.56 Å². The number of aliphatic carboxylic acids is 1. The molecule has 0 radical (unpaired) electrons. The second-order valence-corrected chi connectivity index (χ2v) is 4.51. The highest BCUT2D eigenvalue weighted by atomic mass is 35.5. The largest absolute Gasteiger partial charge is 0.481 e. The molecule has 20 heavy (non-hydrogen) atoms. The summed E-state index contributed by atoms with van der Waals surface area (Å²) in [5, 5.41) is 10.9. The number of amides is 1. The first-order chi connectivity index (χ1) is 9.20. The fraction of sp³-hybridized carbons (Fsp3) is 0.333. The van der Waals surface area contributed by atoms with Gasteiger partial charge in [0.25, 0.3) is 0 Å². The maximum Gasteiger partial charge on any atom is 0.471 e. The van der Waals surface area contributed by atoms with Gasteiger partial charge in [-0.3, -0.25) is 9.59 Å². The molecule has 0 saturated heterocycles. The molecule has 1 aromatic carbocycles. The van der Waals surface area contributed by atoms with Gasteiger partial charge in [0, 0.05) is 11.6 Å². The molecular weight excluding hydrogens is 299 g/mol. The number of halogens is 4. The molecule has 2 N–H and O–H groups in total. The van der Waals surface area contributed by atoms with Crippen LogP contribution in [0, 0.1) is 5.92 Å². The number of hydrogen-bond acceptors (Lipinski definition) is 2. The van der Waals surface area contributed by atoms with Gasteiger partial charge in [-0.15, -0.1) is 0 Å². The van der Waals surface area contributed by atoms with Crippen LogP contribution in [0.25, 0.3) is 0 Å². The summed E-state index contributed by atoms with van der Waals surface area (Å²) in [7, 11) is 0. The number of alkyl halides is 3. The number of carboxylic acids is 1. The predicted molar refractivity (Wildman–Crippen MR) is 65.3 cm³/mol. The second-order valence-electron chi connectivity index (χ2n) is 4.08. The monoisotopic (exact) mass is 309 g/mol. The average Bonchev–Trinajstić information content (AvgIpc) is 2.32. The van der Waals surface area contributed by atoms with Crippen LogP contribution in [0.3, 0.4) is 0 Å². The lowest BCUT2D eigenvalue weighted by Gasteiger charge is -2.14. The van der Waals surface area contributed by atoms with E-state index in [1.54, 1.807) is 23.5 Å². The van der Waals surface area contributed by atoms with Gasteiger partial charge >= 0.3 is 18.1 Å². The van der Waals surface area contributed by atoms with Gasteiger partial charge in [0.2, 0.25) is 0 Å². The Hall–Kier alpha value is -1.76. The van der Waals surface area contributed by atoms with E-state index in [0.717, 1.165) is 0 Å². The Morgan fingerprint density at radius 3 is 2.50 bits per heavy atom. The van der Waals surface area contributed by atoms with Gasteiger partial charge in [0.05, 0.1) is 5.92 Å².